The highest BCUT2D eigenvalue weighted by atomic mass is 19.1. The summed E-state index contributed by atoms with van der Waals surface area (Å²) in [5.74, 6) is -1.97. The number of hydrogen-bond donors (Lipinski definition) is 3. The van der Waals surface area contributed by atoms with Crippen molar-refractivity contribution in [1.82, 2.24) is 9.97 Å². The fourth-order valence-corrected chi connectivity index (χ4v) is 1.97. The number of fused-ring (bicyclic) bond motifs is 1. The minimum Gasteiger partial charge on any atom is -0.505 e. The van der Waals surface area contributed by atoms with Crippen LogP contribution in [-0.4, -0.2) is 21.0 Å². The minimum absolute atomic E-state index is 0.110. The van der Waals surface area contributed by atoms with Crippen LogP contribution in [0.5, 0.6) is 0 Å². The molecule has 2 aromatic rings. The second-order valence-corrected chi connectivity index (χ2v) is 4.59. The Kier molecular flexibility index (Phi) is 4.70. The highest BCUT2D eigenvalue weighted by molar-refractivity contribution is 6.05. The number of rotatable bonds is 4. The number of halogens is 1. The molecule has 0 unspecified atom stereocenters. The molecule has 0 radical (unpaired) electrons. The smallest absolute Gasteiger partial charge is 0.250 e. The van der Waals surface area contributed by atoms with Gasteiger partial charge in [-0.2, -0.15) is 0 Å². The van der Waals surface area contributed by atoms with Crippen LogP contribution in [-0.2, 0) is 0 Å². The molecule has 0 aliphatic heterocycles. The van der Waals surface area contributed by atoms with Crippen molar-refractivity contribution in [1.29, 1.82) is 0 Å². The molecule has 0 aliphatic rings. The van der Waals surface area contributed by atoms with E-state index in [0.29, 0.717) is 16.6 Å². The average molecular weight is 314 g/mol. The number of nitrogens with zero attached hydrogens (tertiary/aromatic N) is 2. The molecular weight excluding hydrogens is 299 g/mol. The SMILES string of the molecule is C/C=C(O)/C(F)=C\C=C\c1c(N)c(C(N)=O)cc2nccnc12. The van der Waals surface area contributed by atoms with Crippen molar-refractivity contribution in [3.8, 4) is 0 Å². The van der Waals surface area contributed by atoms with Gasteiger partial charge < -0.3 is 16.6 Å². The number of carbonyl (C=O) groups excluding carboxylic acids is 1. The zero-order valence-electron chi connectivity index (χ0n) is 12.3. The van der Waals surface area contributed by atoms with Gasteiger partial charge in [0, 0.05) is 18.0 Å². The predicted octanol–water partition coefficient (Wildman–Crippen LogP) is 2.64. The van der Waals surface area contributed by atoms with Gasteiger partial charge in [0.1, 0.15) is 5.76 Å². The molecule has 0 fully saturated rings. The molecule has 1 aromatic heterocycles. The number of carbonyl (C=O) groups is 1. The zero-order valence-corrected chi connectivity index (χ0v) is 12.3. The summed E-state index contributed by atoms with van der Waals surface area (Å²) in [7, 11) is 0. The lowest BCUT2D eigenvalue weighted by molar-refractivity contribution is 0.100. The number of anilines is 1. The van der Waals surface area contributed by atoms with E-state index in [4.69, 9.17) is 11.5 Å². The minimum atomic E-state index is -0.802. The summed E-state index contributed by atoms with van der Waals surface area (Å²) >= 11 is 0. The molecule has 0 spiro atoms. The number of aliphatic hydroxyl groups is 1. The summed E-state index contributed by atoms with van der Waals surface area (Å²) in [6.07, 6.45) is 8.06. The average Bonchev–Trinajstić information content (AvgIpc) is 2.55. The van der Waals surface area contributed by atoms with Gasteiger partial charge in [0.05, 0.1) is 22.3 Å². The van der Waals surface area contributed by atoms with Crippen LogP contribution in [0.2, 0.25) is 0 Å². The van der Waals surface area contributed by atoms with Gasteiger partial charge in [0.25, 0.3) is 5.91 Å². The summed E-state index contributed by atoms with van der Waals surface area (Å²) in [6.45, 7) is 1.50. The van der Waals surface area contributed by atoms with Crippen LogP contribution in [0.1, 0.15) is 22.8 Å². The van der Waals surface area contributed by atoms with Gasteiger partial charge in [-0.15, -0.1) is 0 Å². The summed E-state index contributed by atoms with van der Waals surface area (Å²) < 4.78 is 13.5. The van der Waals surface area contributed by atoms with Gasteiger partial charge in [0.15, 0.2) is 5.83 Å². The molecule has 0 atom stereocenters. The van der Waals surface area contributed by atoms with Gasteiger partial charge in [-0.25, -0.2) is 4.39 Å². The Balaban J connectivity index is 2.59. The van der Waals surface area contributed by atoms with E-state index in [9.17, 15) is 14.3 Å². The Labute approximate surface area is 131 Å². The Morgan fingerprint density at radius 3 is 2.70 bits per heavy atom. The van der Waals surface area contributed by atoms with Crippen molar-refractivity contribution in [2.75, 3.05) is 5.73 Å². The summed E-state index contributed by atoms with van der Waals surface area (Å²) in [6, 6.07) is 1.46. The third-order valence-electron chi connectivity index (χ3n) is 3.13. The van der Waals surface area contributed by atoms with E-state index in [0.717, 1.165) is 6.08 Å². The Morgan fingerprint density at radius 1 is 1.35 bits per heavy atom. The van der Waals surface area contributed by atoms with Crippen molar-refractivity contribution < 1.29 is 14.3 Å². The monoisotopic (exact) mass is 314 g/mol. The van der Waals surface area contributed by atoms with Crippen molar-refractivity contribution >= 4 is 28.7 Å². The standard InChI is InChI=1S/C16H15FN4O2/c1-2-13(22)11(17)5-3-4-9-14(18)10(16(19)23)8-12-15(9)21-7-6-20-12/h2-8,22H,18H2,1H3,(H2,19,23)/b4-3+,11-5+,13-2-. The van der Waals surface area contributed by atoms with Crippen LogP contribution in [0.4, 0.5) is 10.1 Å². The Morgan fingerprint density at radius 2 is 2.04 bits per heavy atom. The van der Waals surface area contributed by atoms with E-state index in [1.165, 1.54) is 43.6 Å². The van der Waals surface area contributed by atoms with E-state index < -0.39 is 17.5 Å². The van der Waals surface area contributed by atoms with Gasteiger partial charge in [-0.1, -0.05) is 12.2 Å². The highest BCUT2D eigenvalue weighted by Gasteiger charge is 2.14. The molecule has 118 valence electrons. The maximum atomic E-state index is 13.5. The quantitative estimate of drug-likeness (QED) is 0.456. The molecule has 1 heterocycles. The number of aromatic nitrogens is 2. The third-order valence-corrected chi connectivity index (χ3v) is 3.13. The van der Waals surface area contributed by atoms with E-state index in [2.05, 4.69) is 9.97 Å². The van der Waals surface area contributed by atoms with E-state index in [-0.39, 0.29) is 11.3 Å². The first-order valence-corrected chi connectivity index (χ1v) is 6.68. The molecule has 1 aromatic carbocycles. The number of nitrogens with two attached hydrogens (primary N) is 2. The van der Waals surface area contributed by atoms with E-state index in [1.807, 2.05) is 0 Å². The Hall–Kier alpha value is -3.22. The van der Waals surface area contributed by atoms with Crippen molar-refractivity contribution in [2.24, 2.45) is 5.73 Å². The topological polar surface area (TPSA) is 115 Å². The summed E-state index contributed by atoms with van der Waals surface area (Å²) in [5, 5.41) is 9.24. The second-order valence-electron chi connectivity index (χ2n) is 4.59. The fourth-order valence-electron chi connectivity index (χ4n) is 1.97. The molecule has 0 aliphatic carbocycles. The molecule has 0 saturated heterocycles. The van der Waals surface area contributed by atoms with Crippen molar-refractivity contribution in [3.63, 3.8) is 0 Å². The molecule has 2 rings (SSSR count). The number of amides is 1. The normalized spacial score (nSPS) is 13.0. The molecule has 23 heavy (non-hydrogen) atoms. The molecule has 7 heteroatoms. The number of nitrogen functional groups attached to an aromatic ring is 1. The van der Waals surface area contributed by atoms with Crippen molar-refractivity contribution in [2.45, 2.75) is 6.92 Å². The molecule has 6 nitrogen and oxygen atoms in total. The summed E-state index contributed by atoms with van der Waals surface area (Å²) in [5.41, 5.74) is 12.8. The maximum absolute atomic E-state index is 13.5. The van der Waals surface area contributed by atoms with E-state index in [1.54, 1.807) is 0 Å². The zero-order chi connectivity index (χ0) is 17.0. The third kappa shape index (κ3) is 3.34. The molecule has 0 saturated carbocycles. The predicted molar refractivity (Wildman–Crippen MR) is 87.1 cm³/mol. The molecule has 1 amide bonds. The van der Waals surface area contributed by atoms with Gasteiger partial charge in [-0.05, 0) is 25.1 Å². The van der Waals surface area contributed by atoms with Crippen LogP contribution in [0.3, 0.4) is 0 Å². The van der Waals surface area contributed by atoms with Crippen LogP contribution >= 0.6 is 0 Å². The maximum Gasteiger partial charge on any atom is 0.250 e. The highest BCUT2D eigenvalue weighted by Crippen LogP contribution is 2.27. The molecule has 5 N–H and O–H groups in total. The second kappa shape index (κ2) is 6.69. The van der Waals surface area contributed by atoms with Crippen LogP contribution in [0.15, 0.2) is 48.3 Å². The van der Waals surface area contributed by atoms with Crippen LogP contribution < -0.4 is 11.5 Å². The Bertz CT molecular complexity index is 857. The first-order valence-electron chi connectivity index (χ1n) is 6.68. The number of allylic oxidation sites excluding steroid dienone is 4. The molecule has 0 bridgehead atoms. The number of benzene rings is 1. The lowest BCUT2D eigenvalue weighted by Gasteiger charge is -2.08. The van der Waals surface area contributed by atoms with Gasteiger partial charge in [0.2, 0.25) is 0 Å². The van der Waals surface area contributed by atoms with Crippen molar-refractivity contribution in [3.05, 3.63) is 59.4 Å². The number of aliphatic hydroxyl groups excluding tert-OH is 1. The first kappa shape index (κ1) is 16.2. The van der Waals surface area contributed by atoms with Crippen LogP contribution in [0, 0.1) is 0 Å². The molecular formula is C16H15FN4O2. The van der Waals surface area contributed by atoms with E-state index >= 15 is 0 Å². The van der Waals surface area contributed by atoms with Gasteiger partial charge >= 0.3 is 0 Å². The van der Waals surface area contributed by atoms with Gasteiger partial charge in [-0.3, -0.25) is 14.8 Å². The first-order chi connectivity index (χ1) is 11.0. The number of primary amides is 1. The lowest BCUT2D eigenvalue weighted by Crippen LogP contribution is -2.14. The number of hydrogen-bond acceptors (Lipinski definition) is 5. The largest absolute Gasteiger partial charge is 0.505 e. The fraction of sp³-hybridized carbons (Fsp3) is 0.0625. The summed E-state index contributed by atoms with van der Waals surface area (Å²) in [4.78, 5) is 19.8. The lowest BCUT2D eigenvalue weighted by atomic mass is 10.0. The van der Waals surface area contributed by atoms with Crippen LogP contribution in [0.25, 0.3) is 17.1 Å².